The lowest BCUT2D eigenvalue weighted by Crippen LogP contribution is -2.26. The summed E-state index contributed by atoms with van der Waals surface area (Å²) in [5, 5.41) is 22.1. The van der Waals surface area contributed by atoms with Crippen molar-refractivity contribution < 1.29 is 0 Å². The summed E-state index contributed by atoms with van der Waals surface area (Å²) in [5.41, 5.74) is 17.0. The molecule has 6 N–H and O–H groups in total. The maximum atomic E-state index is 6.40. The minimum Gasteiger partial charge on any atom is -0.382 e. The van der Waals surface area contributed by atoms with Gasteiger partial charge in [0.05, 0.1) is 5.69 Å². The summed E-state index contributed by atoms with van der Waals surface area (Å²) in [6.45, 7) is 0. The van der Waals surface area contributed by atoms with Gasteiger partial charge >= 0.3 is 0 Å². The van der Waals surface area contributed by atoms with Crippen molar-refractivity contribution in [1.82, 2.24) is 35.2 Å². The molecular weight excluding hydrogens is 368 g/mol. The van der Waals surface area contributed by atoms with E-state index in [1.807, 2.05) is 24.3 Å². The third kappa shape index (κ3) is 3.27. The largest absolute Gasteiger partial charge is 0.382 e. The van der Waals surface area contributed by atoms with Crippen molar-refractivity contribution in [1.29, 1.82) is 0 Å². The van der Waals surface area contributed by atoms with E-state index in [0.29, 0.717) is 17.6 Å². The zero-order chi connectivity index (χ0) is 19.8. The molecule has 0 amide bonds. The molecule has 3 heterocycles. The summed E-state index contributed by atoms with van der Waals surface area (Å²) >= 11 is 0. The van der Waals surface area contributed by atoms with Gasteiger partial charge < -0.3 is 16.8 Å². The van der Waals surface area contributed by atoms with Crippen molar-refractivity contribution in [2.45, 2.75) is 37.6 Å². The highest BCUT2D eigenvalue weighted by atomic mass is 15.5. The molecule has 0 radical (unpaired) electrons. The van der Waals surface area contributed by atoms with Crippen molar-refractivity contribution in [3.05, 3.63) is 42.2 Å². The number of nitrogen functional groups attached to an aromatic ring is 1. The molecule has 1 aliphatic rings. The highest BCUT2D eigenvalue weighted by Gasteiger charge is 2.27. The van der Waals surface area contributed by atoms with Gasteiger partial charge in [0.1, 0.15) is 5.82 Å². The summed E-state index contributed by atoms with van der Waals surface area (Å²) in [7, 11) is 0. The van der Waals surface area contributed by atoms with Gasteiger partial charge in [-0.3, -0.25) is 0 Å². The fourth-order valence-electron chi connectivity index (χ4n) is 4.05. The molecule has 1 saturated carbocycles. The summed E-state index contributed by atoms with van der Waals surface area (Å²) in [6, 6.07) is 8.11. The Bertz CT molecular complexity index is 1110. The predicted octanol–water partition coefficient (Wildman–Crippen LogP) is 2.22. The van der Waals surface area contributed by atoms with E-state index in [1.165, 1.54) is 0 Å². The molecule has 0 atom stereocenters. The van der Waals surface area contributed by atoms with Crippen LogP contribution in [0.25, 0.3) is 17.0 Å². The minimum absolute atomic E-state index is 0.268. The number of nitrogens with one attached hydrogen (secondary N) is 2. The molecule has 10 nitrogen and oxygen atoms in total. The molecule has 0 aliphatic heterocycles. The Morgan fingerprint density at radius 3 is 2.62 bits per heavy atom. The third-order valence-corrected chi connectivity index (χ3v) is 5.54. The number of aromatic amines is 1. The number of H-pyrrole nitrogens is 1. The average Bonchev–Trinajstić information content (AvgIpc) is 3.42. The Hall–Kier alpha value is -3.53. The van der Waals surface area contributed by atoms with Gasteiger partial charge in [-0.15, -0.1) is 15.3 Å². The molecule has 0 unspecified atom stereocenters. The first-order valence-electron chi connectivity index (χ1n) is 9.68. The fraction of sp³-hybridized carbons (Fsp3) is 0.316. The van der Waals surface area contributed by atoms with Crippen LogP contribution in [0.15, 0.2) is 36.7 Å². The number of rotatable bonds is 4. The van der Waals surface area contributed by atoms with E-state index >= 15 is 0 Å². The number of nitrogens with two attached hydrogens (primary N) is 2. The van der Waals surface area contributed by atoms with E-state index in [4.69, 9.17) is 11.5 Å². The molecular formula is C19H22N10. The number of fused-ring (bicyclic) bond motifs is 1. The molecule has 4 aromatic rings. The topological polar surface area (TPSA) is 149 Å². The van der Waals surface area contributed by atoms with E-state index in [9.17, 15) is 0 Å². The Kier molecular flexibility index (Phi) is 4.32. The van der Waals surface area contributed by atoms with E-state index in [1.54, 1.807) is 16.9 Å². The summed E-state index contributed by atoms with van der Waals surface area (Å²) < 4.78 is 1.71. The van der Waals surface area contributed by atoms with E-state index < -0.39 is 0 Å². The van der Waals surface area contributed by atoms with Crippen LogP contribution in [-0.4, -0.2) is 41.3 Å². The predicted molar refractivity (Wildman–Crippen MR) is 109 cm³/mol. The second kappa shape index (κ2) is 7.13. The summed E-state index contributed by atoms with van der Waals surface area (Å²) in [5.74, 6) is 1.39. The van der Waals surface area contributed by atoms with Gasteiger partial charge in [-0.25, -0.2) is 9.50 Å². The van der Waals surface area contributed by atoms with Crippen molar-refractivity contribution in [2.24, 2.45) is 5.73 Å². The molecule has 1 aliphatic carbocycles. The lowest BCUT2D eigenvalue weighted by molar-refractivity contribution is 0.396. The monoisotopic (exact) mass is 390 g/mol. The van der Waals surface area contributed by atoms with Crippen LogP contribution in [0.5, 0.6) is 0 Å². The van der Waals surface area contributed by atoms with Gasteiger partial charge in [0, 0.05) is 35.2 Å². The van der Waals surface area contributed by atoms with Crippen LogP contribution in [0.4, 0.5) is 17.2 Å². The molecule has 0 saturated heterocycles. The molecule has 10 heteroatoms. The molecule has 1 fully saturated rings. The van der Waals surface area contributed by atoms with Crippen LogP contribution < -0.4 is 16.8 Å². The number of nitrogens with zero attached hydrogens (tertiary/aromatic N) is 6. The van der Waals surface area contributed by atoms with Gasteiger partial charge in [0.2, 0.25) is 5.82 Å². The Balaban J connectivity index is 1.53. The highest BCUT2D eigenvalue weighted by molar-refractivity contribution is 5.81. The summed E-state index contributed by atoms with van der Waals surface area (Å²) in [6.07, 6.45) is 7.50. The van der Waals surface area contributed by atoms with Gasteiger partial charge in [-0.1, -0.05) is 0 Å². The second-order valence-corrected chi connectivity index (χ2v) is 7.42. The molecule has 5 rings (SSSR count). The normalized spacial score (nSPS) is 19.5. The van der Waals surface area contributed by atoms with Crippen LogP contribution in [0, 0.1) is 0 Å². The van der Waals surface area contributed by atoms with Crippen LogP contribution in [0.1, 0.15) is 37.2 Å². The van der Waals surface area contributed by atoms with Crippen molar-refractivity contribution in [3.8, 4) is 11.4 Å². The number of aromatic nitrogens is 7. The molecule has 29 heavy (non-hydrogen) atoms. The average molecular weight is 390 g/mol. The molecule has 0 spiro atoms. The molecule has 3 aromatic heterocycles. The quantitative estimate of drug-likeness (QED) is 0.414. The standard InChI is InChI=1S/C19H22N10/c20-13-5-1-11(2-6-13)15-16(19-22-9-10-29(19)26-17(15)21)23-14-7-3-12(4-8-14)18-24-27-28-25-18/h3-4,7-11,13,23H,1-2,5-6,20H2,(H2,21,26)(H,24,25,27,28). The fourth-order valence-corrected chi connectivity index (χ4v) is 4.05. The zero-order valence-electron chi connectivity index (χ0n) is 15.8. The zero-order valence-corrected chi connectivity index (χ0v) is 15.8. The van der Waals surface area contributed by atoms with Gasteiger partial charge in [0.25, 0.3) is 0 Å². The summed E-state index contributed by atoms with van der Waals surface area (Å²) in [4.78, 5) is 4.51. The number of hydrogen-bond acceptors (Lipinski definition) is 8. The van der Waals surface area contributed by atoms with Crippen molar-refractivity contribution >= 4 is 22.8 Å². The van der Waals surface area contributed by atoms with Crippen molar-refractivity contribution in [2.75, 3.05) is 11.1 Å². The highest BCUT2D eigenvalue weighted by Crippen LogP contribution is 2.41. The van der Waals surface area contributed by atoms with Crippen LogP contribution >= 0.6 is 0 Å². The van der Waals surface area contributed by atoms with Gasteiger partial charge in [-0.2, -0.15) is 5.21 Å². The van der Waals surface area contributed by atoms with Crippen LogP contribution in [-0.2, 0) is 0 Å². The van der Waals surface area contributed by atoms with Crippen molar-refractivity contribution in [3.63, 3.8) is 0 Å². The van der Waals surface area contributed by atoms with Gasteiger partial charge in [-0.05, 0) is 61.1 Å². The van der Waals surface area contributed by atoms with E-state index in [0.717, 1.165) is 53.8 Å². The number of benzene rings is 1. The number of hydrogen-bond donors (Lipinski definition) is 4. The van der Waals surface area contributed by atoms with Gasteiger partial charge in [0.15, 0.2) is 5.65 Å². The van der Waals surface area contributed by atoms with E-state index in [2.05, 4.69) is 36.0 Å². The first-order valence-corrected chi connectivity index (χ1v) is 9.68. The maximum Gasteiger partial charge on any atom is 0.204 e. The maximum absolute atomic E-state index is 6.40. The first kappa shape index (κ1) is 17.6. The Morgan fingerprint density at radius 1 is 1.10 bits per heavy atom. The van der Waals surface area contributed by atoms with Crippen LogP contribution in [0.2, 0.25) is 0 Å². The molecule has 148 valence electrons. The Morgan fingerprint density at radius 2 is 1.90 bits per heavy atom. The number of tetrazole rings is 1. The molecule has 1 aromatic carbocycles. The SMILES string of the molecule is Nc1nn2ccnc2c(Nc2ccc(-c3nn[nH]n3)cc2)c1C1CCC(N)CC1. The van der Waals surface area contributed by atoms with E-state index in [-0.39, 0.29) is 6.04 Å². The Labute approximate surface area is 166 Å². The lowest BCUT2D eigenvalue weighted by atomic mass is 9.81. The molecule has 0 bridgehead atoms. The smallest absolute Gasteiger partial charge is 0.204 e. The first-order chi connectivity index (χ1) is 14.2. The number of imidazole rings is 1. The van der Waals surface area contributed by atoms with Crippen LogP contribution in [0.3, 0.4) is 0 Å². The second-order valence-electron chi connectivity index (χ2n) is 7.42. The number of anilines is 3. The third-order valence-electron chi connectivity index (χ3n) is 5.54. The minimum atomic E-state index is 0.268. The lowest BCUT2D eigenvalue weighted by Gasteiger charge is -2.28.